The Kier molecular flexibility index (Phi) is 7.10. The molecule has 30 heavy (non-hydrogen) atoms. The van der Waals surface area contributed by atoms with Gasteiger partial charge in [-0.2, -0.15) is 0 Å². The fourth-order valence-corrected chi connectivity index (χ4v) is 4.25. The topological polar surface area (TPSA) is 34.2 Å². The van der Waals surface area contributed by atoms with E-state index in [-0.39, 0.29) is 0 Å². The molecule has 2 aliphatic rings. The molecular weight excluding hydrogens is 374 g/mol. The van der Waals surface area contributed by atoms with Crippen LogP contribution in [0.4, 0.5) is 11.4 Å². The van der Waals surface area contributed by atoms with Crippen molar-refractivity contribution in [2.45, 2.75) is 6.42 Å². The van der Waals surface area contributed by atoms with Crippen molar-refractivity contribution in [3.63, 3.8) is 0 Å². The first kappa shape index (κ1) is 21.0. The van der Waals surface area contributed by atoms with Crippen LogP contribution in [-0.4, -0.2) is 87.9 Å². The fourth-order valence-electron chi connectivity index (χ4n) is 4.25. The van der Waals surface area contributed by atoms with Crippen LogP contribution in [0.3, 0.4) is 0 Å². The lowest BCUT2D eigenvalue weighted by Crippen LogP contribution is -2.49. The van der Waals surface area contributed by atoms with Gasteiger partial charge in [-0.05, 0) is 37.2 Å². The zero-order valence-electron chi connectivity index (χ0n) is 18.4. The molecule has 0 atom stereocenters. The monoisotopic (exact) mass is 409 g/mol. The van der Waals surface area contributed by atoms with E-state index in [4.69, 9.17) is 4.74 Å². The summed E-state index contributed by atoms with van der Waals surface area (Å²) in [5.41, 5.74) is 7.39. The molecule has 2 saturated heterocycles. The summed E-state index contributed by atoms with van der Waals surface area (Å²) in [6.45, 7) is 9.65. The molecule has 162 valence electrons. The summed E-state index contributed by atoms with van der Waals surface area (Å²) >= 11 is 0. The Bertz CT molecular complexity index is 783. The van der Waals surface area contributed by atoms with Gasteiger partial charge >= 0.3 is 0 Å². The van der Waals surface area contributed by atoms with E-state index in [1.165, 1.54) is 11.3 Å². The molecule has 0 amide bonds. The van der Waals surface area contributed by atoms with Crippen LogP contribution in [-0.2, 0) is 6.42 Å². The van der Waals surface area contributed by atoms with E-state index in [0.29, 0.717) is 0 Å². The number of hydrogen-bond donors (Lipinski definition) is 1. The van der Waals surface area contributed by atoms with Crippen molar-refractivity contribution in [1.82, 2.24) is 14.8 Å². The van der Waals surface area contributed by atoms with Gasteiger partial charge in [0.1, 0.15) is 5.75 Å². The second-order valence-corrected chi connectivity index (χ2v) is 8.35. The highest BCUT2D eigenvalue weighted by Gasteiger charge is 2.20. The maximum Gasteiger partial charge on any atom is 0.142 e. The van der Waals surface area contributed by atoms with Gasteiger partial charge in [0.2, 0.25) is 0 Å². The van der Waals surface area contributed by atoms with Crippen molar-refractivity contribution in [2.75, 3.05) is 83.4 Å². The van der Waals surface area contributed by atoms with E-state index in [1.807, 2.05) is 0 Å². The summed E-state index contributed by atoms with van der Waals surface area (Å²) < 4.78 is 5.64. The van der Waals surface area contributed by atoms with Crippen LogP contribution in [0.2, 0.25) is 0 Å². The summed E-state index contributed by atoms with van der Waals surface area (Å²) in [5, 5.41) is 2.34. The lowest BCUT2D eigenvalue weighted by Gasteiger charge is -2.36. The van der Waals surface area contributed by atoms with Gasteiger partial charge in [0, 0.05) is 58.9 Å². The number of nitrogens with zero attached hydrogens (tertiary/aromatic N) is 4. The van der Waals surface area contributed by atoms with Gasteiger partial charge in [-0.15, -0.1) is 0 Å². The molecule has 0 aromatic heterocycles. The van der Waals surface area contributed by atoms with Crippen molar-refractivity contribution < 1.29 is 4.74 Å². The van der Waals surface area contributed by atoms with Crippen molar-refractivity contribution in [1.29, 1.82) is 0 Å². The summed E-state index contributed by atoms with van der Waals surface area (Å²) in [6.07, 6.45) is 1.13. The molecular formula is C24H35N5O. The van der Waals surface area contributed by atoms with Crippen molar-refractivity contribution in [2.24, 2.45) is 0 Å². The van der Waals surface area contributed by atoms with E-state index in [2.05, 4.69) is 80.7 Å². The van der Waals surface area contributed by atoms with Crippen LogP contribution in [0.15, 0.2) is 48.5 Å². The van der Waals surface area contributed by atoms with Gasteiger partial charge in [0.05, 0.1) is 18.5 Å². The van der Waals surface area contributed by atoms with E-state index in [1.54, 1.807) is 7.11 Å². The van der Waals surface area contributed by atoms with Crippen molar-refractivity contribution >= 4 is 11.4 Å². The predicted molar refractivity (Wildman–Crippen MR) is 124 cm³/mol. The molecule has 0 aliphatic carbocycles. The maximum absolute atomic E-state index is 5.64. The van der Waals surface area contributed by atoms with Crippen LogP contribution >= 0.6 is 0 Å². The Morgan fingerprint density at radius 1 is 0.867 bits per heavy atom. The summed E-state index contributed by atoms with van der Waals surface area (Å²) in [7, 11) is 3.95. The number of hydrazine groups is 1. The number of methoxy groups -OCH3 is 1. The molecule has 0 bridgehead atoms. The van der Waals surface area contributed by atoms with Gasteiger partial charge in [0.15, 0.2) is 0 Å². The first-order chi connectivity index (χ1) is 14.7. The number of likely N-dealkylation sites (N-methyl/N-ethyl adjacent to an activating group) is 1. The zero-order valence-corrected chi connectivity index (χ0v) is 18.4. The second kappa shape index (κ2) is 10.2. The van der Waals surface area contributed by atoms with Gasteiger partial charge in [-0.1, -0.05) is 30.3 Å². The SMILES string of the molecule is COc1ccc(NN2CCN(CCc3ccccc3)CC2)cc1N1CCN(C)CC1. The standard InChI is InChI=1S/C24H35N5O/c1-26-12-16-28(17-13-26)23-20-22(8-9-24(23)30-2)25-29-18-14-27(15-19-29)11-10-21-6-4-3-5-7-21/h3-9,20,25H,10-19H2,1-2H3. The van der Waals surface area contributed by atoms with Crippen LogP contribution in [0, 0.1) is 0 Å². The number of hydrogen-bond acceptors (Lipinski definition) is 6. The molecule has 0 saturated carbocycles. The molecule has 0 unspecified atom stereocenters. The molecule has 2 aliphatic heterocycles. The Morgan fingerprint density at radius 2 is 1.60 bits per heavy atom. The predicted octanol–water partition coefficient (Wildman–Crippen LogP) is 2.63. The van der Waals surface area contributed by atoms with Crippen LogP contribution in [0.5, 0.6) is 5.75 Å². The number of ether oxygens (including phenoxy) is 1. The van der Waals surface area contributed by atoms with Gasteiger partial charge in [-0.25, -0.2) is 5.01 Å². The van der Waals surface area contributed by atoms with Crippen LogP contribution in [0.1, 0.15) is 5.56 Å². The third-order valence-corrected chi connectivity index (χ3v) is 6.24. The van der Waals surface area contributed by atoms with Gasteiger partial charge < -0.3 is 24.9 Å². The molecule has 6 nitrogen and oxygen atoms in total. The Balaban J connectivity index is 1.30. The first-order valence-electron chi connectivity index (χ1n) is 11.1. The van der Waals surface area contributed by atoms with E-state index in [9.17, 15) is 0 Å². The highest BCUT2D eigenvalue weighted by atomic mass is 16.5. The summed E-state index contributed by atoms with van der Waals surface area (Å²) in [4.78, 5) is 7.38. The first-order valence-corrected chi connectivity index (χ1v) is 11.1. The number of benzene rings is 2. The van der Waals surface area contributed by atoms with Crippen LogP contribution in [0.25, 0.3) is 0 Å². The highest BCUT2D eigenvalue weighted by Crippen LogP contribution is 2.32. The molecule has 2 heterocycles. The third-order valence-electron chi connectivity index (χ3n) is 6.24. The van der Waals surface area contributed by atoms with E-state index in [0.717, 1.165) is 76.8 Å². The lowest BCUT2D eigenvalue weighted by molar-refractivity contribution is 0.154. The highest BCUT2D eigenvalue weighted by molar-refractivity contribution is 5.66. The van der Waals surface area contributed by atoms with Gasteiger partial charge in [0.25, 0.3) is 0 Å². The molecule has 1 N–H and O–H groups in total. The Hall–Kier alpha value is -2.28. The summed E-state index contributed by atoms with van der Waals surface area (Å²) in [6, 6.07) is 17.2. The molecule has 2 aromatic rings. The van der Waals surface area contributed by atoms with Crippen LogP contribution < -0.4 is 15.1 Å². The quantitative estimate of drug-likeness (QED) is 0.757. The number of anilines is 2. The van der Waals surface area contributed by atoms with Crippen molar-refractivity contribution in [3.8, 4) is 5.75 Å². The molecule has 2 aromatic carbocycles. The van der Waals surface area contributed by atoms with Crippen molar-refractivity contribution in [3.05, 3.63) is 54.1 Å². The molecule has 6 heteroatoms. The average Bonchev–Trinajstić information content (AvgIpc) is 2.80. The second-order valence-electron chi connectivity index (χ2n) is 8.35. The third kappa shape index (κ3) is 5.45. The number of nitrogens with one attached hydrogen (secondary N) is 1. The number of piperazine rings is 2. The fraction of sp³-hybridized carbons (Fsp3) is 0.500. The van der Waals surface area contributed by atoms with E-state index >= 15 is 0 Å². The minimum absolute atomic E-state index is 0.954. The molecule has 0 spiro atoms. The zero-order chi connectivity index (χ0) is 20.8. The lowest BCUT2D eigenvalue weighted by atomic mass is 10.1. The van der Waals surface area contributed by atoms with E-state index < -0.39 is 0 Å². The molecule has 2 fully saturated rings. The minimum Gasteiger partial charge on any atom is -0.495 e. The average molecular weight is 410 g/mol. The Labute approximate surface area is 181 Å². The maximum atomic E-state index is 5.64. The normalized spacial score (nSPS) is 19.1. The molecule has 0 radical (unpaired) electrons. The summed E-state index contributed by atoms with van der Waals surface area (Å²) in [5.74, 6) is 0.954. The molecule has 4 rings (SSSR count). The van der Waals surface area contributed by atoms with Gasteiger partial charge in [-0.3, -0.25) is 0 Å². The minimum atomic E-state index is 0.954. The number of rotatable bonds is 7. The largest absolute Gasteiger partial charge is 0.495 e. The Morgan fingerprint density at radius 3 is 2.30 bits per heavy atom. The smallest absolute Gasteiger partial charge is 0.142 e.